The molecule has 1 amide bonds. The van der Waals surface area contributed by atoms with Gasteiger partial charge in [0.2, 0.25) is 5.91 Å². The fraction of sp³-hybridized carbons (Fsp3) is 0.467. The minimum atomic E-state index is -0.932. The number of amides is 1. The van der Waals surface area contributed by atoms with E-state index in [0.29, 0.717) is 12.1 Å². The van der Waals surface area contributed by atoms with Crippen molar-refractivity contribution in [3.05, 3.63) is 29.8 Å². The number of anilines is 1. The van der Waals surface area contributed by atoms with E-state index in [-0.39, 0.29) is 18.9 Å². The maximum Gasteiger partial charge on any atom is 0.305 e. The molecule has 20 heavy (non-hydrogen) atoms. The normalized spacial score (nSPS) is 11.9. The lowest BCUT2D eigenvalue weighted by atomic mass is 10.1. The molecule has 0 spiro atoms. The second-order valence-electron chi connectivity index (χ2n) is 4.86. The fourth-order valence-electron chi connectivity index (χ4n) is 1.93. The molecule has 5 nitrogen and oxygen atoms in total. The first-order valence-electron chi connectivity index (χ1n) is 6.81. The Bertz CT molecular complexity index is 457. The van der Waals surface area contributed by atoms with Gasteiger partial charge < -0.3 is 15.7 Å². The number of hydrogen-bond donors (Lipinski definition) is 2. The van der Waals surface area contributed by atoms with Crippen LogP contribution in [0.3, 0.4) is 0 Å². The van der Waals surface area contributed by atoms with Crippen LogP contribution < -0.4 is 10.6 Å². The third-order valence-electron chi connectivity index (χ3n) is 3.08. The SMILES string of the molecule is CCC[C@H](N)C(=O)N(CCC(=O)O)c1ccc(C)cc1. The Labute approximate surface area is 119 Å². The molecule has 0 aliphatic heterocycles. The van der Waals surface area contributed by atoms with E-state index in [2.05, 4.69) is 0 Å². The molecule has 5 heteroatoms. The number of nitrogens with two attached hydrogens (primary N) is 1. The van der Waals surface area contributed by atoms with Gasteiger partial charge in [-0.3, -0.25) is 9.59 Å². The highest BCUT2D eigenvalue weighted by Crippen LogP contribution is 2.17. The lowest BCUT2D eigenvalue weighted by molar-refractivity contribution is -0.136. The topological polar surface area (TPSA) is 83.6 Å². The summed E-state index contributed by atoms with van der Waals surface area (Å²) < 4.78 is 0. The molecule has 1 aromatic carbocycles. The number of nitrogens with zero attached hydrogens (tertiary/aromatic N) is 1. The van der Waals surface area contributed by atoms with Gasteiger partial charge in [0.05, 0.1) is 12.5 Å². The van der Waals surface area contributed by atoms with E-state index in [0.717, 1.165) is 12.0 Å². The summed E-state index contributed by atoms with van der Waals surface area (Å²) in [6.45, 7) is 4.05. The highest BCUT2D eigenvalue weighted by Gasteiger charge is 2.22. The van der Waals surface area contributed by atoms with Gasteiger partial charge in [0, 0.05) is 12.2 Å². The number of benzene rings is 1. The van der Waals surface area contributed by atoms with Crippen molar-refractivity contribution in [2.45, 2.75) is 39.2 Å². The molecular weight excluding hydrogens is 256 g/mol. The highest BCUT2D eigenvalue weighted by molar-refractivity contribution is 5.97. The van der Waals surface area contributed by atoms with Crippen LogP contribution in [-0.2, 0) is 9.59 Å². The zero-order chi connectivity index (χ0) is 15.1. The highest BCUT2D eigenvalue weighted by atomic mass is 16.4. The Balaban J connectivity index is 2.92. The second kappa shape index (κ2) is 7.65. The van der Waals surface area contributed by atoms with E-state index in [1.54, 1.807) is 0 Å². The van der Waals surface area contributed by atoms with E-state index in [4.69, 9.17) is 10.8 Å². The van der Waals surface area contributed by atoms with E-state index in [1.807, 2.05) is 38.1 Å². The van der Waals surface area contributed by atoms with Crippen molar-refractivity contribution in [2.24, 2.45) is 5.73 Å². The largest absolute Gasteiger partial charge is 0.481 e. The second-order valence-corrected chi connectivity index (χ2v) is 4.86. The summed E-state index contributed by atoms with van der Waals surface area (Å²) in [6.07, 6.45) is 1.31. The zero-order valence-electron chi connectivity index (χ0n) is 12.0. The molecule has 0 unspecified atom stereocenters. The average molecular weight is 278 g/mol. The Morgan fingerprint density at radius 2 is 1.90 bits per heavy atom. The third kappa shape index (κ3) is 4.66. The molecule has 1 rings (SSSR count). The molecule has 0 saturated heterocycles. The van der Waals surface area contributed by atoms with Crippen molar-refractivity contribution in [2.75, 3.05) is 11.4 Å². The van der Waals surface area contributed by atoms with Gasteiger partial charge in [0.1, 0.15) is 0 Å². The number of rotatable bonds is 7. The van der Waals surface area contributed by atoms with Crippen LogP contribution in [-0.4, -0.2) is 29.6 Å². The van der Waals surface area contributed by atoms with Crippen molar-refractivity contribution in [1.82, 2.24) is 0 Å². The quantitative estimate of drug-likeness (QED) is 0.798. The smallest absolute Gasteiger partial charge is 0.305 e. The first kappa shape index (κ1) is 16.2. The van der Waals surface area contributed by atoms with E-state index in [1.165, 1.54) is 4.90 Å². The predicted octanol–water partition coefficient (Wildman–Crippen LogP) is 1.93. The maximum atomic E-state index is 12.3. The van der Waals surface area contributed by atoms with Crippen molar-refractivity contribution in [1.29, 1.82) is 0 Å². The van der Waals surface area contributed by atoms with E-state index >= 15 is 0 Å². The monoisotopic (exact) mass is 278 g/mol. The molecular formula is C15H22N2O3. The standard InChI is InChI=1S/C15H22N2O3/c1-3-4-13(16)15(20)17(10-9-14(18)19)12-7-5-11(2)6-8-12/h5-8,13H,3-4,9-10,16H2,1-2H3,(H,18,19)/t13-/m0/s1. The fourth-order valence-corrected chi connectivity index (χ4v) is 1.93. The number of carboxylic acids is 1. The average Bonchev–Trinajstić information content (AvgIpc) is 2.40. The van der Waals surface area contributed by atoms with Crippen molar-refractivity contribution >= 4 is 17.6 Å². The minimum absolute atomic E-state index is 0.0987. The van der Waals surface area contributed by atoms with E-state index in [9.17, 15) is 9.59 Å². The lowest BCUT2D eigenvalue weighted by Gasteiger charge is -2.25. The summed E-state index contributed by atoms with van der Waals surface area (Å²) >= 11 is 0. The van der Waals surface area contributed by atoms with Crippen LogP contribution in [0.5, 0.6) is 0 Å². The molecule has 0 aliphatic carbocycles. The molecule has 1 atom stereocenters. The Hall–Kier alpha value is -1.88. The molecule has 0 aliphatic rings. The van der Waals surface area contributed by atoms with Crippen LogP contribution in [0, 0.1) is 6.92 Å². The molecule has 0 radical (unpaired) electrons. The summed E-state index contributed by atoms with van der Waals surface area (Å²) in [7, 11) is 0. The molecule has 110 valence electrons. The number of carbonyl (C=O) groups is 2. The van der Waals surface area contributed by atoms with Crippen molar-refractivity contribution in [3.8, 4) is 0 Å². The van der Waals surface area contributed by atoms with Gasteiger partial charge in [0.15, 0.2) is 0 Å². The first-order chi connectivity index (χ1) is 9.45. The number of aryl methyl sites for hydroxylation is 1. The Morgan fingerprint density at radius 1 is 1.30 bits per heavy atom. The molecule has 3 N–H and O–H groups in total. The van der Waals surface area contributed by atoms with Crippen LogP contribution >= 0.6 is 0 Å². The molecule has 0 saturated carbocycles. The first-order valence-corrected chi connectivity index (χ1v) is 6.81. The van der Waals surface area contributed by atoms with Crippen LogP contribution in [0.1, 0.15) is 31.7 Å². The number of hydrogen-bond acceptors (Lipinski definition) is 3. The van der Waals surface area contributed by atoms with Crippen LogP contribution in [0.25, 0.3) is 0 Å². The van der Waals surface area contributed by atoms with Gasteiger partial charge >= 0.3 is 5.97 Å². The number of carboxylic acid groups (broad SMARTS) is 1. The maximum absolute atomic E-state index is 12.3. The summed E-state index contributed by atoms with van der Waals surface area (Å²) in [5.74, 6) is -1.16. The summed E-state index contributed by atoms with van der Waals surface area (Å²) in [4.78, 5) is 24.5. The number of carbonyl (C=O) groups excluding carboxylic acids is 1. The molecule has 1 aromatic rings. The number of aliphatic carboxylic acids is 1. The van der Waals surface area contributed by atoms with Crippen LogP contribution in [0.15, 0.2) is 24.3 Å². The minimum Gasteiger partial charge on any atom is -0.481 e. The van der Waals surface area contributed by atoms with Crippen molar-refractivity contribution < 1.29 is 14.7 Å². The lowest BCUT2D eigenvalue weighted by Crippen LogP contribution is -2.44. The Morgan fingerprint density at radius 3 is 2.40 bits per heavy atom. The molecule has 0 fully saturated rings. The van der Waals surface area contributed by atoms with Gasteiger partial charge in [-0.25, -0.2) is 0 Å². The van der Waals surface area contributed by atoms with Gasteiger partial charge in [-0.05, 0) is 25.5 Å². The van der Waals surface area contributed by atoms with Crippen molar-refractivity contribution in [3.63, 3.8) is 0 Å². The van der Waals surface area contributed by atoms with E-state index < -0.39 is 12.0 Å². The Kier molecular flexibility index (Phi) is 6.18. The predicted molar refractivity (Wildman–Crippen MR) is 78.7 cm³/mol. The van der Waals surface area contributed by atoms with Gasteiger partial charge in [-0.15, -0.1) is 0 Å². The van der Waals surface area contributed by atoms with Gasteiger partial charge in [-0.1, -0.05) is 31.0 Å². The van der Waals surface area contributed by atoms with Gasteiger partial charge in [-0.2, -0.15) is 0 Å². The molecule has 0 heterocycles. The summed E-state index contributed by atoms with van der Waals surface area (Å²) in [5, 5.41) is 8.81. The van der Waals surface area contributed by atoms with Gasteiger partial charge in [0.25, 0.3) is 0 Å². The van der Waals surface area contributed by atoms with Crippen LogP contribution in [0.4, 0.5) is 5.69 Å². The van der Waals surface area contributed by atoms with Crippen LogP contribution in [0.2, 0.25) is 0 Å². The summed E-state index contributed by atoms with van der Waals surface area (Å²) in [5.41, 5.74) is 7.63. The molecule has 0 aromatic heterocycles. The third-order valence-corrected chi connectivity index (χ3v) is 3.08. The molecule has 0 bridgehead atoms. The summed E-state index contributed by atoms with van der Waals surface area (Å²) in [6, 6.07) is 6.82. The zero-order valence-corrected chi connectivity index (χ0v) is 12.0.